The molecule has 3 aromatic rings. The fourth-order valence-electron chi connectivity index (χ4n) is 3.10. The summed E-state index contributed by atoms with van der Waals surface area (Å²) in [5, 5.41) is 0. The van der Waals surface area contributed by atoms with Crippen LogP contribution in [0, 0.1) is 6.92 Å². The Labute approximate surface area is 183 Å². The van der Waals surface area contributed by atoms with Gasteiger partial charge in [-0.3, -0.25) is 9.52 Å². The molecule has 0 unspecified atom stereocenters. The summed E-state index contributed by atoms with van der Waals surface area (Å²) in [5.74, 6) is 0.477. The standard InChI is InChI=1S/C24H26N2O4S/c1-4-30-22-9-5-7-19(15-22)17-26(3)24(27)20-8-6-10-23(16-20)31(28,29)25-21-13-11-18(2)12-14-21/h5-16,25H,4,17H2,1-3H3. The second-order valence-corrected chi connectivity index (χ2v) is 8.92. The first kappa shape index (κ1) is 22.4. The molecule has 1 amide bonds. The number of aryl methyl sites for hydroxylation is 1. The van der Waals surface area contributed by atoms with Crippen LogP contribution < -0.4 is 9.46 Å². The zero-order valence-electron chi connectivity index (χ0n) is 17.8. The summed E-state index contributed by atoms with van der Waals surface area (Å²) in [4.78, 5) is 14.5. The number of benzene rings is 3. The first-order chi connectivity index (χ1) is 14.8. The number of sulfonamides is 1. The molecule has 6 nitrogen and oxygen atoms in total. The Morgan fingerprint density at radius 2 is 1.71 bits per heavy atom. The number of nitrogens with one attached hydrogen (secondary N) is 1. The number of amides is 1. The van der Waals surface area contributed by atoms with Crippen molar-refractivity contribution in [3.8, 4) is 5.75 Å². The summed E-state index contributed by atoms with van der Waals surface area (Å²) in [6, 6.07) is 20.6. The van der Waals surface area contributed by atoms with Gasteiger partial charge >= 0.3 is 0 Å². The molecule has 0 bridgehead atoms. The SMILES string of the molecule is CCOc1cccc(CN(C)C(=O)c2cccc(S(=O)(=O)Nc3ccc(C)cc3)c2)c1. The molecule has 3 rings (SSSR count). The van der Waals surface area contributed by atoms with Gasteiger partial charge in [-0.1, -0.05) is 35.9 Å². The lowest BCUT2D eigenvalue weighted by Crippen LogP contribution is -2.26. The number of ether oxygens (including phenoxy) is 1. The molecule has 31 heavy (non-hydrogen) atoms. The molecule has 0 aliphatic heterocycles. The van der Waals surface area contributed by atoms with Gasteiger partial charge in [-0.15, -0.1) is 0 Å². The van der Waals surface area contributed by atoms with Crippen molar-refractivity contribution in [2.45, 2.75) is 25.3 Å². The third-order valence-corrected chi connectivity index (χ3v) is 6.05. The normalized spacial score (nSPS) is 11.1. The van der Waals surface area contributed by atoms with E-state index in [1.54, 1.807) is 36.2 Å². The number of anilines is 1. The Balaban J connectivity index is 1.76. The third-order valence-electron chi connectivity index (χ3n) is 4.67. The van der Waals surface area contributed by atoms with Crippen LogP contribution in [-0.2, 0) is 16.6 Å². The lowest BCUT2D eigenvalue weighted by atomic mass is 10.1. The Morgan fingerprint density at radius 3 is 2.42 bits per heavy atom. The van der Waals surface area contributed by atoms with E-state index in [-0.39, 0.29) is 10.8 Å². The van der Waals surface area contributed by atoms with Crippen LogP contribution in [0.4, 0.5) is 5.69 Å². The van der Waals surface area contributed by atoms with E-state index in [1.165, 1.54) is 12.1 Å². The molecular weight excluding hydrogens is 412 g/mol. The van der Waals surface area contributed by atoms with Crippen molar-refractivity contribution in [1.82, 2.24) is 4.90 Å². The molecule has 0 fully saturated rings. The minimum Gasteiger partial charge on any atom is -0.494 e. The van der Waals surface area contributed by atoms with Gasteiger partial charge in [-0.05, 0) is 61.9 Å². The van der Waals surface area contributed by atoms with Crippen molar-refractivity contribution in [2.75, 3.05) is 18.4 Å². The molecule has 7 heteroatoms. The molecule has 0 atom stereocenters. The van der Waals surface area contributed by atoms with E-state index >= 15 is 0 Å². The molecular formula is C24H26N2O4S. The second kappa shape index (κ2) is 9.66. The van der Waals surface area contributed by atoms with Crippen LogP contribution >= 0.6 is 0 Å². The maximum atomic E-state index is 12.9. The quantitative estimate of drug-likeness (QED) is 0.563. The van der Waals surface area contributed by atoms with Crippen LogP contribution in [0.3, 0.4) is 0 Å². The predicted octanol–water partition coefficient (Wildman–Crippen LogP) is 4.47. The first-order valence-electron chi connectivity index (χ1n) is 9.95. The fraction of sp³-hybridized carbons (Fsp3) is 0.208. The maximum Gasteiger partial charge on any atom is 0.261 e. The first-order valence-corrected chi connectivity index (χ1v) is 11.4. The van der Waals surface area contributed by atoms with Crippen LogP contribution in [0.15, 0.2) is 77.7 Å². The van der Waals surface area contributed by atoms with Crippen molar-refractivity contribution >= 4 is 21.6 Å². The highest BCUT2D eigenvalue weighted by Crippen LogP contribution is 2.20. The highest BCUT2D eigenvalue weighted by Gasteiger charge is 2.18. The van der Waals surface area contributed by atoms with E-state index in [9.17, 15) is 13.2 Å². The van der Waals surface area contributed by atoms with Crippen LogP contribution in [0.1, 0.15) is 28.4 Å². The highest BCUT2D eigenvalue weighted by molar-refractivity contribution is 7.92. The van der Waals surface area contributed by atoms with Crippen LogP contribution in [-0.4, -0.2) is 32.9 Å². The highest BCUT2D eigenvalue weighted by atomic mass is 32.2. The number of hydrogen-bond acceptors (Lipinski definition) is 4. The third kappa shape index (κ3) is 5.86. The molecule has 0 heterocycles. The Hall–Kier alpha value is -3.32. The summed E-state index contributed by atoms with van der Waals surface area (Å²) in [6.45, 7) is 4.78. The van der Waals surface area contributed by atoms with E-state index in [1.807, 2.05) is 50.2 Å². The van der Waals surface area contributed by atoms with Gasteiger partial charge in [0, 0.05) is 24.8 Å². The number of carbonyl (C=O) groups is 1. The Kier molecular flexibility index (Phi) is 6.97. The van der Waals surface area contributed by atoms with E-state index in [4.69, 9.17) is 4.74 Å². The Morgan fingerprint density at radius 1 is 1.00 bits per heavy atom. The summed E-state index contributed by atoms with van der Waals surface area (Å²) in [6.07, 6.45) is 0. The van der Waals surface area contributed by atoms with E-state index in [0.717, 1.165) is 16.9 Å². The summed E-state index contributed by atoms with van der Waals surface area (Å²) < 4.78 is 33.6. The molecule has 0 saturated heterocycles. The molecule has 0 aliphatic carbocycles. The molecule has 0 saturated carbocycles. The van der Waals surface area contributed by atoms with Crippen LogP contribution in [0.5, 0.6) is 5.75 Å². The average Bonchev–Trinajstić information content (AvgIpc) is 2.75. The van der Waals surface area contributed by atoms with Crippen LogP contribution in [0.25, 0.3) is 0 Å². The van der Waals surface area contributed by atoms with E-state index in [0.29, 0.717) is 24.4 Å². The monoisotopic (exact) mass is 438 g/mol. The molecule has 0 radical (unpaired) electrons. The van der Waals surface area contributed by atoms with Crippen LogP contribution in [0.2, 0.25) is 0 Å². The van der Waals surface area contributed by atoms with Crippen molar-refractivity contribution in [3.63, 3.8) is 0 Å². The minimum absolute atomic E-state index is 0.0330. The number of rotatable bonds is 8. The smallest absolute Gasteiger partial charge is 0.261 e. The summed E-state index contributed by atoms with van der Waals surface area (Å²) in [7, 11) is -2.13. The molecule has 0 aromatic heterocycles. The van der Waals surface area contributed by atoms with Gasteiger partial charge in [0.15, 0.2) is 0 Å². The van der Waals surface area contributed by atoms with Gasteiger partial charge in [0.1, 0.15) is 5.75 Å². The lowest BCUT2D eigenvalue weighted by molar-refractivity contribution is 0.0784. The lowest BCUT2D eigenvalue weighted by Gasteiger charge is -2.18. The van der Waals surface area contributed by atoms with Crippen molar-refractivity contribution in [1.29, 1.82) is 0 Å². The number of hydrogen-bond donors (Lipinski definition) is 1. The van der Waals surface area contributed by atoms with Crippen molar-refractivity contribution < 1.29 is 17.9 Å². The van der Waals surface area contributed by atoms with Gasteiger partial charge < -0.3 is 9.64 Å². The fourth-order valence-corrected chi connectivity index (χ4v) is 4.20. The van der Waals surface area contributed by atoms with Crippen molar-refractivity contribution in [2.24, 2.45) is 0 Å². The minimum atomic E-state index is -3.82. The van der Waals surface area contributed by atoms with Gasteiger partial charge in [-0.2, -0.15) is 0 Å². The molecule has 0 aliphatic rings. The summed E-state index contributed by atoms with van der Waals surface area (Å²) >= 11 is 0. The molecule has 3 aromatic carbocycles. The average molecular weight is 439 g/mol. The molecule has 1 N–H and O–H groups in total. The summed E-state index contributed by atoms with van der Waals surface area (Å²) in [5.41, 5.74) is 2.72. The van der Waals surface area contributed by atoms with Gasteiger partial charge in [0.2, 0.25) is 0 Å². The van der Waals surface area contributed by atoms with E-state index in [2.05, 4.69) is 4.72 Å². The van der Waals surface area contributed by atoms with Gasteiger partial charge in [-0.25, -0.2) is 8.42 Å². The number of nitrogens with zero attached hydrogens (tertiary/aromatic N) is 1. The largest absolute Gasteiger partial charge is 0.494 e. The topological polar surface area (TPSA) is 75.7 Å². The predicted molar refractivity (Wildman–Crippen MR) is 122 cm³/mol. The maximum absolute atomic E-state index is 12.9. The zero-order valence-corrected chi connectivity index (χ0v) is 18.6. The van der Waals surface area contributed by atoms with Gasteiger partial charge in [0.25, 0.3) is 15.9 Å². The molecule has 0 spiro atoms. The van der Waals surface area contributed by atoms with Gasteiger partial charge in [0.05, 0.1) is 11.5 Å². The zero-order chi connectivity index (χ0) is 22.4. The molecule has 162 valence electrons. The second-order valence-electron chi connectivity index (χ2n) is 7.24. The van der Waals surface area contributed by atoms with E-state index < -0.39 is 10.0 Å². The Bertz CT molecular complexity index is 1160. The van der Waals surface area contributed by atoms with Crippen molar-refractivity contribution in [3.05, 3.63) is 89.5 Å². The number of carbonyl (C=O) groups excluding carboxylic acids is 1.